The number of carboxylic acids is 1. The maximum atomic E-state index is 10.9. The number of carbonyl (C=O) groups is 1. The van der Waals surface area contributed by atoms with Gasteiger partial charge in [-0.2, -0.15) is 0 Å². The number of fused-ring (bicyclic) bond motifs is 1. The topological polar surface area (TPSA) is 60.7 Å². The van der Waals surface area contributed by atoms with Crippen molar-refractivity contribution in [1.82, 2.24) is 4.57 Å². The summed E-state index contributed by atoms with van der Waals surface area (Å²) in [4.78, 5) is 10.9. The summed E-state index contributed by atoms with van der Waals surface area (Å²) in [6.45, 7) is 3.27. The van der Waals surface area contributed by atoms with Crippen molar-refractivity contribution in [2.24, 2.45) is 0 Å². The Balaban J connectivity index is 1.79. The molecule has 1 N–H and O–H groups in total. The lowest BCUT2D eigenvalue weighted by Gasteiger charge is -2.13. The molecule has 112 valence electrons. The molecule has 21 heavy (non-hydrogen) atoms. The van der Waals surface area contributed by atoms with Crippen molar-refractivity contribution in [3.63, 3.8) is 0 Å². The highest BCUT2D eigenvalue weighted by Crippen LogP contribution is 2.28. The van der Waals surface area contributed by atoms with Crippen LogP contribution in [0, 0.1) is 0 Å². The highest BCUT2D eigenvalue weighted by atomic mass is 16.5. The largest absolute Gasteiger partial charge is 0.493 e. The third-order valence-corrected chi connectivity index (χ3v) is 3.86. The zero-order valence-electron chi connectivity index (χ0n) is 12.0. The van der Waals surface area contributed by atoms with E-state index in [1.54, 1.807) is 0 Å². The van der Waals surface area contributed by atoms with Gasteiger partial charge < -0.3 is 19.1 Å². The first kappa shape index (κ1) is 13.9. The highest BCUT2D eigenvalue weighted by Gasteiger charge is 2.30. The number of carboxylic acid groups (broad SMARTS) is 1. The van der Waals surface area contributed by atoms with Gasteiger partial charge in [-0.1, -0.05) is 6.07 Å². The molecule has 1 aromatic carbocycles. The summed E-state index contributed by atoms with van der Waals surface area (Å²) in [5.41, 5.74) is 1.09. The Kier molecular flexibility index (Phi) is 3.84. The Bertz CT molecular complexity index is 649. The number of aliphatic carboxylic acids is 1. The number of hydrogen-bond donors (Lipinski definition) is 1. The molecule has 2 atom stereocenters. The molecule has 0 aliphatic carbocycles. The van der Waals surface area contributed by atoms with E-state index in [-0.39, 0.29) is 6.10 Å². The minimum absolute atomic E-state index is 0.0440. The second-order valence-electron chi connectivity index (χ2n) is 5.25. The zero-order chi connectivity index (χ0) is 14.8. The van der Waals surface area contributed by atoms with Crippen LogP contribution in [0.3, 0.4) is 0 Å². The van der Waals surface area contributed by atoms with Crippen molar-refractivity contribution in [2.75, 3.05) is 6.61 Å². The molecule has 3 rings (SSSR count). The smallest absolute Gasteiger partial charge is 0.332 e. The first-order valence-corrected chi connectivity index (χ1v) is 7.28. The summed E-state index contributed by atoms with van der Waals surface area (Å²) in [5.74, 6) is 0.0120. The van der Waals surface area contributed by atoms with E-state index in [1.807, 2.05) is 37.4 Å². The van der Waals surface area contributed by atoms with Crippen LogP contribution in [0.25, 0.3) is 10.9 Å². The van der Waals surface area contributed by atoms with E-state index in [2.05, 4.69) is 4.57 Å². The molecule has 1 saturated heterocycles. The molecule has 0 saturated carbocycles. The van der Waals surface area contributed by atoms with Crippen molar-refractivity contribution < 1.29 is 19.4 Å². The average Bonchev–Trinajstić information content (AvgIpc) is 3.08. The summed E-state index contributed by atoms with van der Waals surface area (Å²) in [7, 11) is 0. The quantitative estimate of drug-likeness (QED) is 0.919. The van der Waals surface area contributed by atoms with Crippen LogP contribution < -0.4 is 4.74 Å². The normalized spacial score (nSPS) is 21.8. The van der Waals surface area contributed by atoms with Crippen LogP contribution in [0.5, 0.6) is 5.75 Å². The lowest BCUT2D eigenvalue weighted by molar-refractivity contribution is -0.149. The molecule has 0 bridgehead atoms. The Morgan fingerprint density at radius 2 is 2.29 bits per heavy atom. The van der Waals surface area contributed by atoms with E-state index in [0.29, 0.717) is 19.6 Å². The molecule has 1 fully saturated rings. The van der Waals surface area contributed by atoms with Crippen LogP contribution >= 0.6 is 0 Å². The number of hydrogen-bond acceptors (Lipinski definition) is 3. The van der Waals surface area contributed by atoms with E-state index in [9.17, 15) is 4.79 Å². The first-order valence-electron chi connectivity index (χ1n) is 7.28. The van der Waals surface area contributed by atoms with Crippen molar-refractivity contribution in [3.8, 4) is 5.75 Å². The summed E-state index contributed by atoms with van der Waals surface area (Å²) < 4.78 is 13.3. The van der Waals surface area contributed by atoms with E-state index >= 15 is 0 Å². The maximum absolute atomic E-state index is 10.9. The number of rotatable bonds is 5. The number of ether oxygens (including phenoxy) is 2. The van der Waals surface area contributed by atoms with Crippen LogP contribution in [0.15, 0.2) is 30.5 Å². The lowest BCUT2D eigenvalue weighted by atomic mass is 10.2. The fourth-order valence-corrected chi connectivity index (χ4v) is 2.88. The Hall–Kier alpha value is -2.01. The fourth-order valence-electron chi connectivity index (χ4n) is 2.88. The first-order chi connectivity index (χ1) is 10.2. The molecule has 1 aliphatic heterocycles. The minimum Gasteiger partial charge on any atom is -0.493 e. The van der Waals surface area contributed by atoms with Gasteiger partial charge >= 0.3 is 5.97 Å². The third kappa shape index (κ3) is 2.74. The molecule has 5 nitrogen and oxygen atoms in total. The SMILES string of the molecule is CCOc1cccc2c1ccn2CC1CCC(C(=O)O)O1. The van der Waals surface area contributed by atoms with Gasteiger partial charge in [-0.15, -0.1) is 0 Å². The fraction of sp³-hybridized carbons (Fsp3) is 0.438. The van der Waals surface area contributed by atoms with Crippen LogP contribution in [0.4, 0.5) is 0 Å². The van der Waals surface area contributed by atoms with Gasteiger partial charge in [0.1, 0.15) is 5.75 Å². The zero-order valence-corrected chi connectivity index (χ0v) is 12.0. The van der Waals surface area contributed by atoms with Gasteiger partial charge in [0, 0.05) is 18.1 Å². The molecule has 2 aromatic rings. The lowest BCUT2D eigenvalue weighted by Crippen LogP contribution is -2.22. The van der Waals surface area contributed by atoms with Gasteiger partial charge in [-0.3, -0.25) is 0 Å². The van der Waals surface area contributed by atoms with E-state index in [4.69, 9.17) is 14.6 Å². The molecule has 2 unspecified atom stereocenters. The molecule has 0 radical (unpaired) electrons. The second kappa shape index (κ2) is 5.77. The van der Waals surface area contributed by atoms with Crippen LogP contribution in [0.2, 0.25) is 0 Å². The predicted molar refractivity (Wildman–Crippen MR) is 78.6 cm³/mol. The Labute approximate surface area is 123 Å². The van der Waals surface area contributed by atoms with Gasteiger partial charge in [0.25, 0.3) is 0 Å². The van der Waals surface area contributed by atoms with Gasteiger partial charge in [0.05, 0.1) is 18.2 Å². The van der Waals surface area contributed by atoms with Gasteiger partial charge in [-0.05, 0) is 38.0 Å². The molecule has 1 aromatic heterocycles. The average molecular weight is 289 g/mol. The number of nitrogens with zero attached hydrogens (tertiary/aromatic N) is 1. The molecule has 2 heterocycles. The molecular weight excluding hydrogens is 270 g/mol. The summed E-state index contributed by atoms with van der Waals surface area (Å²) in [5, 5.41) is 10.1. The van der Waals surface area contributed by atoms with Crippen LogP contribution in [-0.2, 0) is 16.1 Å². The molecule has 0 amide bonds. The van der Waals surface area contributed by atoms with Crippen LogP contribution in [0.1, 0.15) is 19.8 Å². The Morgan fingerprint density at radius 3 is 3.00 bits per heavy atom. The maximum Gasteiger partial charge on any atom is 0.332 e. The third-order valence-electron chi connectivity index (χ3n) is 3.86. The molecule has 1 aliphatic rings. The predicted octanol–water partition coefficient (Wildman–Crippen LogP) is 2.67. The molecule has 5 heteroatoms. The van der Waals surface area contributed by atoms with Crippen molar-refractivity contribution in [3.05, 3.63) is 30.5 Å². The van der Waals surface area contributed by atoms with Crippen molar-refractivity contribution in [1.29, 1.82) is 0 Å². The van der Waals surface area contributed by atoms with E-state index in [0.717, 1.165) is 23.1 Å². The molecular formula is C16H19NO4. The van der Waals surface area contributed by atoms with Gasteiger partial charge in [0.15, 0.2) is 6.10 Å². The highest BCUT2D eigenvalue weighted by molar-refractivity contribution is 5.86. The number of aromatic nitrogens is 1. The van der Waals surface area contributed by atoms with Crippen molar-refractivity contribution >= 4 is 16.9 Å². The van der Waals surface area contributed by atoms with Crippen LogP contribution in [-0.4, -0.2) is 34.5 Å². The van der Waals surface area contributed by atoms with Crippen molar-refractivity contribution in [2.45, 2.75) is 38.5 Å². The minimum atomic E-state index is -0.867. The van der Waals surface area contributed by atoms with Gasteiger partial charge in [-0.25, -0.2) is 4.79 Å². The van der Waals surface area contributed by atoms with Gasteiger partial charge in [0.2, 0.25) is 0 Å². The van der Waals surface area contributed by atoms with E-state index in [1.165, 1.54) is 0 Å². The number of benzene rings is 1. The van der Waals surface area contributed by atoms with E-state index < -0.39 is 12.1 Å². The second-order valence-corrected chi connectivity index (χ2v) is 5.25. The monoisotopic (exact) mass is 289 g/mol. The summed E-state index contributed by atoms with van der Waals surface area (Å²) in [6, 6.07) is 8.01. The standard InChI is InChI=1S/C16H19NO4/c1-2-20-14-5-3-4-13-12(14)8-9-17(13)10-11-6-7-15(21-11)16(18)19/h3-5,8-9,11,15H,2,6-7,10H2,1H3,(H,18,19). The summed E-state index contributed by atoms with van der Waals surface area (Å²) in [6.07, 6.45) is 2.67. The Morgan fingerprint density at radius 1 is 1.43 bits per heavy atom. The summed E-state index contributed by atoms with van der Waals surface area (Å²) >= 11 is 0. The molecule has 0 spiro atoms.